The van der Waals surface area contributed by atoms with Crippen LogP contribution in [-0.2, 0) is 6.61 Å². The number of benzene rings is 1. The third-order valence-electron chi connectivity index (χ3n) is 2.84. The van der Waals surface area contributed by atoms with Gasteiger partial charge in [-0.3, -0.25) is 0 Å². The summed E-state index contributed by atoms with van der Waals surface area (Å²) < 4.78 is 10.8. The first-order valence-electron chi connectivity index (χ1n) is 5.82. The van der Waals surface area contributed by atoms with E-state index in [4.69, 9.17) is 20.8 Å². The third-order valence-corrected chi connectivity index (χ3v) is 3.13. The summed E-state index contributed by atoms with van der Waals surface area (Å²) in [7, 11) is 1.92. The van der Waals surface area contributed by atoms with E-state index in [2.05, 4.69) is 12.2 Å². The van der Waals surface area contributed by atoms with Gasteiger partial charge in [-0.05, 0) is 43.8 Å². The van der Waals surface area contributed by atoms with Crippen LogP contribution in [0.4, 0.5) is 0 Å². The molecule has 18 heavy (non-hydrogen) atoms. The predicted molar refractivity (Wildman–Crippen MR) is 72.0 cm³/mol. The number of hydrogen-bond acceptors (Lipinski definition) is 3. The molecule has 0 aliphatic carbocycles. The van der Waals surface area contributed by atoms with Crippen molar-refractivity contribution in [2.45, 2.75) is 19.6 Å². The average molecular weight is 266 g/mol. The van der Waals surface area contributed by atoms with E-state index in [1.54, 1.807) is 6.26 Å². The topological polar surface area (TPSA) is 34.4 Å². The Morgan fingerprint density at radius 1 is 1.39 bits per heavy atom. The standard InChI is InChI=1S/C14H16ClNO2/c1-10(16-2)11-5-6-14(13(15)8-11)18-9-12-4-3-7-17-12/h3-8,10,16H,9H2,1-2H3. The van der Waals surface area contributed by atoms with Crippen LogP contribution in [0.25, 0.3) is 0 Å². The number of hydrogen-bond donors (Lipinski definition) is 1. The van der Waals surface area contributed by atoms with Crippen LogP contribution in [0.5, 0.6) is 5.75 Å². The van der Waals surface area contributed by atoms with Crippen LogP contribution in [0.1, 0.15) is 24.3 Å². The second-order valence-electron chi connectivity index (χ2n) is 4.07. The molecule has 2 rings (SSSR count). The van der Waals surface area contributed by atoms with E-state index >= 15 is 0 Å². The van der Waals surface area contributed by atoms with E-state index in [1.807, 2.05) is 37.4 Å². The number of nitrogens with one attached hydrogen (secondary N) is 1. The minimum atomic E-state index is 0.265. The molecule has 0 aliphatic heterocycles. The van der Waals surface area contributed by atoms with Gasteiger partial charge in [-0.25, -0.2) is 0 Å². The lowest BCUT2D eigenvalue weighted by Gasteiger charge is -2.13. The van der Waals surface area contributed by atoms with Crippen molar-refractivity contribution in [1.29, 1.82) is 0 Å². The number of furan rings is 1. The Morgan fingerprint density at radius 3 is 2.83 bits per heavy atom. The molecule has 4 heteroatoms. The summed E-state index contributed by atoms with van der Waals surface area (Å²) in [6.07, 6.45) is 1.62. The predicted octanol–water partition coefficient (Wildman–Crippen LogP) is 3.79. The monoisotopic (exact) mass is 265 g/mol. The summed E-state index contributed by atoms with van der Waals surface area (Å²) in [5.41, 5.74) is 1.13. The number of ether oxygens (including phenoxy) is 1. The highest BCUT2D eigenvalue weighted by atomic mass is 35.5. The second-order valence-corrected chi connectivity index (χ2v) is 4.48. The second kappa shape index (κ2) is 5.94. The van der Waals surface area contributed by atoms with E-state index in [0.29, 0.717) is 17.4 Å². The quantitative estimate of drug-likeness (QED) is 0.893. The van der Waals surface area contributed by atoms with Gasteiger partial charge in [0.2, 0.25) is 0 Å². The highest BCUT2D eigenvalue weighted by Crippen LogP contribution is 2.28. The van der Waals surface area contributed by atoms with Crippen molar-refractivity contribution >= 4 is 11.6 Å². The Kier molecular flexibility index (Phi) is 4.28. The molecule has 1 aromatic heterocycles. The normalized spacial score (nSPS) is 12.4. The fraction of sp³-hybridized carbons (Fsp3) is 0.286. The first-order valence-corrected chi connectivity index (χ1v) is 6.20. The summed E-state index contributed by atoms with van der Waals surface area (Å²) in [5, 5.41) is 3.78. The molecule has 1 N–H and O–H groups in total. The maximum absolute atomic E-state index is 6.19. The molecule has 96 valence electrons. The molecule has 0 amide bonds. The Balaban J connectivity index is 2.05. The highest BCUT2D eigenvalue weighted by Gasteiger charge is 2.08. The maximum Gasteiger partial charge on any atom is 0.146 e. The molecule has 3 nitrogen and oxygen atoms in total. The van der Waals surface area contributed by atoms with Gasteiger partial charge in [0.05, 0.1) is 11.3 Å². The zero-order valence-electron chi connectivity index (χ0n) is 10.4. The lowest BCUT2D eigenvalue weighted by Crippen LogP contribution is -2.12. The molecular formula is C14H16ClNO2. The van der Waals surface area contributed by atoms with Crippen molar-refractivity contribution < 1.29 is 9.15 Å². The van der Waals surface area contributed by atoms with Crippen molar-refractivity contribution in [2.24, 2.45) is 0 Å². The molecule has 0 fully saturated rings. The molecule has 0 radical (unpaired) electrons. The van der Waals surface area contributed by atoms with Crippen LogP contribution in [-0.4, -0.2) is 7.05 Å². The Labute approximate surface area is 112 Å². The van der Waals surface area contributed by atoms with Gasteiger partial charge in [0, 0.05) is 6.04 Å². The lowest BCUT2D eigenvalue weighted by molar-refractivity contribution is 0.270. The molecule has 0 saturated heterocycles. The molecule has 0 bridgehead atoms. The maximum atomic E-state index is 6.19. The van der Waals surface area contributed by atoms with Gasteiger partial charge in [-0.1, -0.05) is 17.7 Å². The molecule has 1 unspecified atom stereocenters. The minimum absolute atomic E-state index is 0.265. The zero-order valence-corrected chi connectivity index (χ0v) is 11.2. The van der Waals surface area contributed by atoms with E-state index in [1.165, 1.54) is 0 Å². The van der Waals surface area contributed by atoms with Crippen LogP contribution >= 0.6 is 11.6 Å². The van der Waals surface area contributed by atoms with E-state index in [9.17, 15) is 0 Å². The molecule has 0 aliphatic rings. The van der Waals surface area contributed by atoms with Crippen molar-refractivity contribution in [2.75, 3.05) is 7.05 Å². The van der Waals surface area contributed by atoms with E-state index in [0.717, 1.165) is 11.3 Å². The number of rotatable bonds is 5. The summed E-state index contributed by atoms with van der Waals surface area (Å²) >= 11 is 6.19. The van der Waals surface area contributed by atoms with Gasteiger partial charge < -0.3 is 14.5 Å². The fourth-order valence-corrected chi connectivity index (χ4v) is 1.86. The highest BCUT2D eigenvalue weighted by molar-refractivity contribution is 6.32. The zero-order chi connectivity index (χ0) is 13.0. The largest absolute Gasteiger partial charge is 0.484 e. The van der Waals surface area contributed by atoms with Crippen molar-refractivity contribution in [3.05, 3.63) is 52.9 Å². The molecular weight excluding hydrogens is 250 g/mol. The first kappa shape index (κ1) is 13.0. The average Bonchev–Trinajstić information content (AvgIpc) is 2.89. The summed E-state index contributed by atoms with van der Waals surface area (Å²) in [4.78, 5) is 0. The van der Waals surface area contributed by atoms with E-state index in [-0.39, 0.29) is 6.04 Å². The molecule has 0 saturated carbocycles. The van der Waals surface area contributed by atoms with Crippen LogP contribution < -0.4 is 10.1 Å². The fourth-order valence-electron chi connectivity index (χ4n) is 1.61. The van der Waals surface area contributed by atoms with Gasteiger partial charge in [0.1, 0.15) is 18.1 Å². The molecule has 2 aromatic rings. The van der Waals surface area contributed by atoms with Crippen molar-refractivity contribution in [3.63, 3.8) is 0 Å². The summed E-state index contributed by atoms with van der Waals surface area (Å²) in [6.45, 7) is 2.46. The molecule has 1 atom stereocenters. The summed E-state index contributed by atoms with van der Waals surface area (Å²) in [5.74, 6) is 1.44. The van der Waals surface area contributed by atoms with Crippen LogP contribution in [0.2, 0.25) is 5.02 Å². The Hall–Kier alpha value is -1.45. The van der Waals surface area contributed by atoms with Gasteiger partial charge in [0.25, 0.3) is 0 Å². The SMILES string of the molecule is CNC(C)c1ccc(OCc2ccco2)c(Cl)c1. The smallest absolute Gasteiger partial charge is 0.146 e. The first-order chi connectivity index (χ1) is 8.70. The van der Waals surface area contributed by atoms with Gasteiger partial charge in [-0.15, -0.1) is 0 Å². The van der Waals surface area contributed by atoms with Crippen LogP contribution in [0, 0.1) is 0 Å². The molecule has 0 spiro atoms. The van der Waals surface area contributed by atoms with Crippen LogP contribution in [0.15, 0.2) is 41.0 Å². The third kappa shape index (κ3) is 3.06. The Bertz CT molecular complexity index is 497. The van der Waals surface area contributed by atoms with E-state index < -0.39 is 0 Å². The lowest BCUT2D eigenvalue weighted by atomic mass is 10.1. The van der Waals surface area contributed by atoms with Gasteiger partial charge in [-0.2, -0.15) is 0 Å². The van der Waals surface area contributed by atoms with Crippen molar-refractivity contribution in [1.82, 2.24) is 5.32 Å². The van der Waals surface area contributed by atoms with Gasteiger partial charge >= 0.3 is 0 Å². The number of halogens is 1. The summed E-state index contributed by atoms with van der Waals surface area (Å²) in [6, 6.07) is 9.77. The molecule has 1 aromatic carbocycles. The van der Waals surface area contributed by atoms with Crippen LogP contribution in [0.3, 0.4) is 0 Å². The minimum Gasteiger partial charge on any atom is -0.484 e. The van der Waals surface area contributed by atoms with Crippen molar-refractivity contribution in [3.8, 4) is 5.75 Å². The van der Waals surface area contributed by atoms with Gasteiger partial charge in [0.15, 0.2) is 0 Å². The Morgan fingerprint density at radius 2 is 2.22 bits per heavy atom. The molecule has 1 heterocycles.